The van der Waals surface area contributed by atoms with Crippen molar-refractivity contribution in [2.24, 2.45) is 0 Å². The molecule has 0 heterocycles. The van der Waals surface area contributed by atoms with Gasteiger partial charge in [0.2, 0.25) is 10.0 Å². The summed E-state index contributed by atoms with van der Waals surface area (Å²) in [5.74, 6) is 0. The second-order valence-electron chi connectivity index (χ2n) is 3.84. The molecule has 1 aromatic carbocycles. The minimum Gasteiger partial charge on any atom is -0.208 e. The van der Waals surface area contributed by atoms with E-state index in [0.29, 0.717) is 5.02 Å². The van der Waals surface area contributed by atoms with Crippen molar-refractivity contribution in [3.05, 3.63) is 28.8 Å². The van der Waals surface area contributed by atoms with Gasteiger partial charge < -0.3 is 0 Å². The zero-order chi connectivity index (χ0) is 12.3. The lowest BCUT2D eigenvalue weighted by Gasteiger charge is -2.12. The highest BCUT2D eigenvalue weighted by atomic mass is 35.5. The van der Waals surface area contributed by atoms with Crippen LogP contribution in [0.15, 0.2) is 23.1 Å². The highest BCUT2D eigenvalue weighted by Gasteiger charge is 2.16. The van der Waals surface area contributed by atoms with Crippen LogP contribution in [0.1, 0.15) is 25.8 Å². The first-order chi connectivity index (χ1) is 7.36. The van der Waals surface area contributed by atoms with Gasteiger partial charge in [0.1, 0.15) is 0 Å². The van der Waals surface area contributed by atoms with Gasteiger partial charge in [-0.2, -0.15) is 0 Å². The molecule has 1 aromatic rings. The Hall–Kier alpha value is -0.580. The number of hydrogen-bond acceptors (Lipinski definition) is 2. The van der Waals surface area contributed by atoms with Crippen LogP contribution in [-0.2, 0) is 10.0 Å². The summed E-state index contributed by atoms with van der Waals surface area (Å²) >= 11 is 5.85. The maximum absolute atomic E-state index is 11.9. The molecule has 0 bridgehead atoms. The third-order valence-corrected chi connectivity index (χ3v) is 4.42. The lowest BCUT2D eigenvalue weighted by molar-refractivity contribution is 0.556. The molecule has 0 aliphatic heterocycles. The molecule has 0 spiro atoms. The van der Waals surface area contributed by atoms with Crippen LogP contribution in [-0.4, -0.2) is 14.5 Å². The van der Waals surface area contributed by atoms with Crippen molar-refractivity contribution in [2.45, 2.75) is 38.1 Å². The van der Waals surface area contributed by atoms with Crippen molar-refractivity contribution in [3.8, 4) is 0 Å². The summed E-state index contributed by atoms with van der Waals surface area (Å²) in [5, 5.41) is 0.572. The van der Waals surface area contributed by atoms with Gasteiger partial charge in [-0.05, 0) is 44.0 Å². The largest absolute Gasteiger partial charge is 0.240 e. The van der Waals surface area contributed by atoms with Crippen LogP contribution in [0.3, 0.4) is 0 Å². The number of hydrogen-bond donors (Lipinski definition) is 1. The van der Waals surface area contributed by atoms with Gasteiger partial charge in [-0.3, -0.25) is 0 Å². The minimum atomic E-state index is -3.42. The van der Waals surface area contributed by atoms with E-state index in [1.165, 1.54) is 6.07 Å². The zero-order valence-corrected chi connectivity index (χ0v) is 11.2. The maximum atomic E-state index is 11.9. The van der Waals surface area contributed by atoms with Crippen LogP contribution in [0, 0.1) is 6.92 Å². The summed E-state index contributed by atoms with van der Waals surface area (Å²) < 4.78 is 26.4. The molecule has 0 saturated heterocycles. The third-order valence-electron chi connectivity index (χ3n) is 2.41. The topological polar surface area (TPSA) is 46.2 Å². The molecule has 16 heavy (non-hydrogen) atoms. The van der Waals surface area contributed by atoms with E-state index in [2.05, 4.69) is 4.72 Å². The number of rotatable bonds is 4. The molecule has 1 atom stereocenters. The van der Waals surface area contributed by atoms with Gasteiger partial charge in [0.15, 0.2) is 0 Å². The standard InChI is InChI=1S/C11H16ClNO2S/c1-4-9(3)13-16(14,15)10-5-6-11(12)8(2)7-10/h5-7,9,13H,4H2,1-3H3. The molecule has 0 aromatic heterocycles. The zero-order valence-electron chi connectivity index (χ0n) is 9.62. The van der Waals surface area contributed by atoms with Gasteiger partial charge >= 0.3 is 0 Å². The summed E-state index contributed by atoms with van der Waals surface area (Å²) in [4.78, 5) is 0.259. The van der Waals surface area contributed by atoms with E-state index >= 15 is 0 Å². The number of aryl methyl sites for hydroxylation is 1. The maximum Gasteiger partial charge on any atom is 0.240 e. The fraction of sp³-hybridized carbons (Fsp3) is 0.455. The van der Waals surface area contributed by atoms with Gasteiger partial charge in [0, 0.05) is 11.1 Å². The lowest BCUT2D eigenvalue weighted by atomic mass is 10.2. The van der Waals surface area contributed by atoms with Crippen molar-refractivity contribution < 1.29 is 8.42 Å². The van der Waals surface area contributed by atoms with Crippen LogP contribution < -0.4 is 4.72 Å². The van der Waals surface area contributed by atoms with Gasteiger partial charge in [-0.15, -0.1) is 0 Å². The van der Waals surface area contributed by atoms with E-state index in [4.69, 9.17) is 11.6 Å². The lowest BCUT2D eigenvalue weighted by Crippen LogP contribution is -2.32. The molecule has 3 nitrogen and oxygen atoms in total. The van der Waals surface area contributed by atoms with E-state index in [-0.39, 0.29) is 10.9 Å². The predicted molar refractivity (Wildman–Crippen MR) is 66.3 cm³/mol. The summed E-state index contributed by atoms with van der Waals surface area (Å²) in [6, 6.07) is 4.62. The van der Waals surface area contributed by atoms with Crippen molar-refractivity contribution in [2.75, 3.05) is 0 Å². The van der Waals surface area contributed by atoms with Crippen molar-refractivity contribution >= 4 is 21.6 Å². The SMILES string of the molecule is CCC(C)NS(=O)(=O)c1ccc(Cl)c(C)c1. The summed E-state index contributed by atoms with van der Waals surface area (Å²) in [5.41, 5.74) is 0.758. The van der Waals surface area contributed by atoms with Crippen LogP contribution in [0.2, 0.25) is 5.02 Å². The molecule has 90 valence electrons. The fourth-order valence-corrected chi connectivity index (χ4v) is 2.73. The Morgan fingerprint density at radius 1 is 1.44 bits per heavy atom. The number of nitrogens with one attached hydrogen (secondary N) is 1. The molecule has 1 unspecified atom stereocenters. The summed E-state index contributed by atoms with van der Waals surface area (Å²) in [6.07, 6.45) is 0.756. The molecular formula is C11H16ClNO2S. The Morgan fingerprint density at radius 3 is 2.56 bits per heavy atom. The first-order valence-electron chi connectivity index (χ1n) is 5.15. The molecule has 0 fully saturated rings. The van der Waals surface area contributed by atoms with Crippen LogP contribution in [0.4, 0.5) is 0 Å². The van der Waals surface area contributed by atoms with E-state index < -0.39 is 10.0 Å². The second kappa shape index (κ2) is 5.17. The average Bonchev–Trinajstić information content (AvgIpc) is 2.21. The van der Waals surface area contributed by atoms with Gasteiger partial charge in [0.05, 0.1) is 4.90 Å². The van der Waals surface area contributed by atoms with E-state index in [1.54, 1.807) is 19.1 Å². The molecule has 1 rings (SSSR count). The Bertz CT molecular complexity index is 471. The van der Waals surface area contributed by atoms with Crippen LogP contribution >= 0.6 is 11.6 Å². The quantitative estimate of drug-likeness (QED) is 0.906. The Kier molecular flexibility index (Phi) is 4.35. The van der Waals surface area contributed by atoms with Crippen LogP contribution in [0.25, 0.3) is 0 Å². The molecule has 5 heteroatoms. The van der Waals surface area contributed by atoms with Crippen LogP contribution in [0.5, 0.6) is 0 Å². The molecular weight excluding hydrogens is 246 g/mol. The molecule has 0 aliphatic carbocycles. The number of halogens is 1. The highest BCUT2D eigenvalue weighted by Crippen LogP contribution is 2.19. The smallest absolute Gasteiger partial charge is 0.208 e. The minimum absolute atomic E-state index is 0.0685. The highest BCUT2D eigenvalue weighted by molar-refractivity contribution is 7.89. The van der Waals surface area contributed by atoms with E-state index in [1.807, 2.05) is 13.8 Å². The first kappa shape index (κ1) is 13.5. The van der Waals surface area contributed by atoms with Gasteiger partial charge in [-0.25, -0.2) is 13.1 Å². The van der Waals surface area contributed by atoms with Crippen molar-refractivity contribution in [3.63, 3.8) is 0 Å². The molecule has 0 saturated carbocycles. The van der Waals surface area contributed by atoms with Crippen molar-refractivity contribution in [1.82, 2.24) is 4.72 Å². The first-order valence-corrected chi connectivity index (χ1v) is 7.01. The van der Waals surface area contributed by atoms with E-state index in [0.717, 1.165) is 12.0 Å². The molecule has 0 radical (unpaired) electrons. The number of benzene rings is 1. The Labute approximate surface area is 102 Å². The normalized spacial score (nSPS) is 13.8. The molecule has 0 aliphatic rings. The third kappa shape index (κ3) is 3.20. The van der Waals surface area contributed by atoms with Crippen molar-refractivity contribution in [1.29, 1.82) is 0 Å². The Balaban J connectivity index is 3.03. The molecule has 1 N–H and O–H groups in total. The predicted octanol–water partition coefficient (Wildman–Crippen LogP) is 2.73. The Morgan fingerprint density at radius 2 is 2.06 bits per heavy atom. The van der Waals surface area contributed by atoms with E-state index in [9.17, 15) is 8.42 Å². The number of sulfonamides is 1. The second-order valence-corrected chi connectivity index (χ2v) is 5.96. The fourth-order valence-electron chi connectivity index (χ4n) is 1.20. The summed E-state index contributed by atoms with van der Waals surface area (Å²) in [7, 11) is -3.42. The monoisotopic (exact) mass is 261 g/mol. The summed E-state index contributed by atoms with van der Waals surface area (Å²) in [6.45, 7) is 5.55. The van der Waals surface area contributed by atoms with Gasteiger partial charge in [-0.1, -0.05) is 18.5 Å². The van der Waals surface area contributed by atoms with Gasteiger partial charge in [0.25, 0.3) is 0 Å². The average molecular weight is 262 g/mol. The molecule has 0 amide bonds.